The van der Waals surface area contributed by atoms with E-state index in [4.69, 9.17) is 5.73 Å². The van der Waals surface area contributed by atoms with Crippen molar-refractivity contribution >= 4 is 5.91 Å². The topological polar surface area (TPSA) is 49.6 Å². The monoisotopic (exact) mass is 255 g/mol. The van der Waals surface area contributed by atoms with Crippen molar-refractivity contribution in [2.24, 2.45) is 11.7 Å². The van der Waals surface area contributed by atoms with E-state index in [1.807, 2.05) is 11.8 Å². The van der Waals surface area contributed by atoms with Crippen LogP contribution in [0.3, 0.4) is 0 Å². The van der Waals surface area contributed by atoms with Gasteiger partial charge in [0.2, 0.25) is 5.91 Å². The molecule has 1 aliphatic rings. The van der Waals surface area contributed by atoms with Crippen molar-refractivity contribution < 1.29 is 4.79 Å². The molecule has 0 aromatic heterocycles. The Morgan fingerprint density at radius 1 is 1.28 bits per heavy atom. The molecule has 0 spiro atoms. The second-order valence-corrected chi connectivity index (χ2v) is 5.74. The lowest BCUT2D eigenvalue weighted by molar-refractivity contribution is -0.135. The van der Waals surface area contributed by atoms with Crippen LogP contribution in [-0.2, 0) is 4.79 Å². The first-order valence-corrected chi connectivity index (χ1v) is 7.29. The number of carbonyl (C=O) groups is 1. The minimum absolute atomic E-state index is 0.00273. The number of carbonyl (C=O) groups excluding carboxylic acids is 1. The SMILES string of the molecule is CC(C)CN(CCCN)C(C)C(=O)N1CCCC1. The van der Waals surface area contributed by atoms with E-state index in [0.29, 0.717) is 18.4 Å². The van der Waals surface area contributed by atoms with Gasteiger partial charge in [-0.05, 0) is 38.6 Å². The van der Waals surface area contributed by atoms with Crippen molar-refractivity contribution in [1.82, 2.24) is 9.80 Å². The van der Waals surface area contributed by atoms with Crippen molar-refractivity contribution in [2.75, 3.05) is 32.7 Å². The van der Waals surface area contributed by atoms with Gasteiger partial charge in [-0.1, -0.05) is 13.8 Å². The summed E-state index contributed by atoms with van der Waals surface area (Å²) in [6.45, 7) is 10.9. The lowest BCUT2D eigenvalue weighted by Gasteiger charge is -2.32. The van der Waals surface area contributed by atoms with Crippen molar-refractivity contribution in [1.29, 1.82) is 0 Å². The molecule has 1 amide bonds. The highest BCUT2D eigenvalue weighted by Gasteiger charge is 2.27. The zero-order valence-electron chi connectivity index (χ0n) is 12.2. The fraction of sp³-hybridized carbons (Fsp3) is 0.929. The molecule has 4 nitrogen and oxygen atoms in total. The molecular formula is C14H29N3O. The lowest BCUT2D eigenvalue weighted by atomic mass is 10.1. The van der Waals surface area contributed by atoms with E-state index < -0.39 is 0 Å². The third kappa shape index (κ3) is 4.58. The zero-order valence-corrected chi connectivity index (χ0v) is 12.2. The average Bonchev–Trinajstić information content (AvgIpc) is 2.85. The van der Waals surface area contributed by atoms with Gasteiger partial charge in [-0.25, -0.2) is 0 Å². The highest BCUT2D eigenvalue weighted by atomic mass is 16.2. The number of likely N-dealkylation sites (tertiary alicyclic amines) is 1. The fourth-order valence-corrected chi connectivity index (χ4v) is 2.56. The number of amides is 1. The molecule has 1 fully saturated rings. The van der Waals surface area contributed by atoms with Gasteiger partial charge in [0.15, 0.2) is 0 Å². The van der Waals surface area contributed by atoms with E-state index in [-0.39, 0.29) is 6.04 Å². The Kier molecular flexibility index (Phi) is 6.65. The fourth-order valence-electron chi connectivity index (χ4n) is 2.56. The third-order valence-electron chi connectivity index (χ3n) is 3.57. The van der Waals surface area contributed by atoms with Gasteiger partial charge in [-0.3, -0.25) is 9.69 Å². The van der Waals surface area contributed by atoms with Crippen molar-refractivity contribution in [2.45, 2.75) is 46.1 Å². The molecule has 0 aromatic carbocycles. The van der Waals surface area contributed by atoms with Gasteiger partial charge in [0.05, 0.1) is 6.04 Å². The van der Waals surface area contributed by atoms with Crippen LogP contribution < -0.4 is 5.73 Å². The minimum atomic E-state index is -0.00273. The summed E-state index contributed by atoms with van der Waals surface area (Å²) < 4.78 is 0. The number of nitrogens with zero attached hydrogens (tertiary/aromatic N) is 2. The molecule has 2 N–H and O–H groups in total. The predicted octanol–water partition coefficient (Wildman–Crippen LogP) is 1.30. The maximum absolute atomic E-state index is 12.4. The van der Waals surface area contributed by atoms with Crippen LogP contribution in [0.25, 0.3) is 0 Å². The molecule has 4 heteroatoms. The Morgan fingerprint density at radius 3 is 2.39 bits per heavy atom. The van der Waals surface area contributed by atoms with Crippen LogP contribution in [0.1, 0.15) is 40.0 Å². The first-order valence-electron chi connectivity index (χ1n) is 7.29. The number of hydrogen-bond acceptors (Lipinski definition) is 3. The molecule has 1 heterocycles. The standard InChI is InChI=1S/C14H29N3O/c1-12(2)11-17(10-6-7-15)13(3)14(18)16-8-4-5-9-16/h12-13H,4-11,15H2,1-3H3. The summed E-state index contributed by atoms with van der Waals surface area (Å²) in [5.41, 5.74) is 5.58. The zero-order chi connectivity index (χ0) is 13.5. The minimum Gasteiger partial charge on any atom is -0.341 e. The van der Waals surface area contributed by atoms with Gasteiger partial charge in [0.25, 0.3) is 0 Å². The van der Waals surface area contributed by atoms with Crippen molar-refractivity contribution in [3.63, 3.8) is 0 Å². The van der Waals surface area contributed by atoms with Crippen LogP contribution in [0.4, 0.5) is 0 Å². The number of hydrogen-bond donors (Lipinski definition) is 1. The lowest BCUT2D eigenvalue weighted by Crippen LogP contribution is -2.48. The van der Waals surface area contributed by atoms with Crippen LogP contribution in [0, 0.1) is 5.92 Å². The molecule has 1 saturated heterocycles. The van der Waals surface area contributed by atoms with E-state index >= 15 is 0 Å². The molecular weight excluding hydrogens is 226 g/mol. The Hall–Kier alpha value is -0.610. The van der Waals surface area contributed by atoms with Crippen molar-refractivity contribution in [3.8, 4) is 0 Å². The van der Waals surface area contributed by atoms with E-state index in [1.54, 1.807) is 0 Å². The highest BCUT2D eigenvalue weighted by molar-refractivity contribution is 5.81. The van der Waals surface area contributed by atoms with Gasteiger partial charge in [0.1, 0.15) is 0 Å². The molecule has 0 radical (unpaired) electrons. The van der Waals surface area contributed by atoms with Crippen LogP contribution >= 0.6 is 0 Å². The molecule has 0 bridgehead atoms. The van der Waals surface area contributed by atoms with Crippen LogP contribution in [-0.4, -0.2) is 54.5 Å². The molecule has 0 aromatic rings. The van der Waals surface area contributed by atoms with Gasteiger partial charge < -0.3 is 10.6 Å². The summed E-state index contributed by atoms with van der Waals surface area (Å²) in [5, 5.41) is 0. The Labute approximate surface area is 111 Å². The average molecular weight is 255 g/mol. The van der Waals surface area contributed by atoms with Gasteiger partial charge >= 0.3 is 0 Å². The summed E-state index contributed by atoms with van der Waals surface area (Å²) >= 11 is 0. The molecule has 106 valence electrons. The molecule has 1 aliphatic heterocycles. The first-order chi connectivity index (χ1) is 8.56. The van der Waals surface area contributed by atoms with E-state index in [2.05, 4.69) is 18.7 Å². The maximum Gasteiger partial charge on any atom is 0.239 e. The summed E-state index contributed by atoms with van der Waals surface area (Å²) in [7, 11) is 0. The molecule has 1 unspecified atom stereocenters. The van der Waals surface area contributed by atoms with Crippen molar-refractivity contribution in [3.05, 3.63) is 0 Å². The summed E-state index contributed by atoms with van der Waals surface area (Å²) in [6, 6.07) is -0.00273. The van der Waals surface area contributed by atoms with Gasteiger partial charge in [-0.2, -0.15) is 0 Å². The normalized spacial score (nSPS) is 17.8. The second kappa shape index (κ2) is 7.74. The molecule has 1 rings (SSSR count). The molecule has 0 aliphatic carbocycles. The Morgan fingerprint density at radius 2 is 1.89 bits per heavy atom. The maximum atomic E-state index is 12.4. The number of rotatable bonds is 7. The molecule has 0 saturated carbocycles. The van der Waals surface area contributed by atoms with Gasteiger partial charge in [0, 0.05) is 26.2 Å². The second-order valence-electron chi connectivity index (χ2n) is 5.74. The van der Waals surface area contributed by atoms with Crippen LogP contribution in [0.2, 0.25) is 0 Å². The van der Waals surface area contributed by atoms with E-state index in [1.165, 1.54) is 0 Å². The number of nitrogens with two attached hydrogens (primary N) is 1. The third-order valence-corrected chi connectivity index (χ3v) is 3.57. The summed E-state index contributed by atoms with van der Waals surface area (Å²) in [5.74, 6) is 0.877. The predicted molar refractivity (Wildman–Crippen MR) is 75.4 cm³/mol. The van der Waals surface area contributed by atoms with E-state index in [9.17, 15) is 4.79 Å². The first kappa shape index (κ1) is 15.4. The van der Waals surface area contributed by atoms with E-state index in [0.717, 1.165) is 45.4 Å². The quantitative estimate of drug-likeness (QED) is 0.746. The molecule has 1 atom stereocenters. The summed E-state index contributed by atoms with van der Waals surface area (Å²) in [4.78, 5) is 16.7. The summed E-state index contributed by atoms with van der Waals surface area (Å²) in [6.07, 6.45) is 3.28. The van der Waals surface area contributed by atoms with Crippen LogP contribution in [0.15, 0.2) is 0 Å². The van der Waals surface area contributed by atoms with Gasteiger partial charge in [-0.15, -0.1) is 0 Å². The Bertz CT molecular complexity index is 249. The Balaban J connectivity index is 2.55. The van der Waals surface area contributed by atoms with Crippen LogP contribution in [0.5, 0.6) is 0 Å². The molecule has 18 heavy (non-hydrogen) atoms. The smallest absolute Gasteiger partial charge is 0.239 e. The highest BCUT2D eigenvalue weighted by Crippen LogP contribution is 2.13. The largest absolute Gasteiger partial charge is 0.341 e.